The van der Waals surface area contributed by atoms with E-state index in [1.807, 2.05) is 48.8 Å². The van der Waals surface area contributed by atoms with Gasteiger partial charge >= 0.3 is 0 Å². The fraction of sp³-hybridized carbons (Fsp3) is 0.407. The van der Waals surface area contributed by atoms with Crippen molar-refractivity contribution in [2.24, 2.45) is 18.0 Å². The Bertz CT molecular complexity index is 1350. The van der Waals surface area contributed by atoms with Crippen LogP contribution in [0.4, 0.5) is 5.82 Å². The highest BCUT2D eigenvalue weighted by Gasteiger charge is 2.22. The Balaban J connectivity index is 1.42. The molecule has 5 rings (SSSR count). The summed E-state index contributed by atoms with van der Waals surface area (Å²) >= 11 is 0. The summed E-state index contributed by atoms with van der Waals surface area (Å²) in [5.74, 6) is 1.26. The van der Waals surface area contributed by atoms with Crippen LogP contribution in [-0.2, 0) is 7.05 Å². The van der Waals surface area contributed by atoms with Crippen LogP contribution in [0.15, 0.2) is 54.2 Å². The molecule has 1 fully saturated rings. The lowest BCUT2D eigenvalue weighted by molar-refractivity contribution is 0.0739. The molecule has 9 nitrogen and oxygen atoms in total. The number of anilines is 1. The van der Waals surface area contributed by atoms with Crippen LogP contribution in [0.2, 0.25) is 0 Å². The third kappa shape index (κ3) is 4.89. The van der Waals surface area contributed by atoms with Gasteiger partial charge in [0.2, 0.25) is 0 Å². The van der Waals surface area contributed by atoms with Gasteiger partial charge in [0.05, 0.1) is 24.0 Å². The van der Waals surface area contributed by atoms with Crippen LogP contribution in [-0.4, -0.2) is 86.5 Å². The summed E-state index contributed by atoms with van der Waals surface area (Å²) in [5, 5.41) is 19.1. The minimum absolute atomic E-state index is 0.278. The van der Waals surface area contributed by atoms with Gasteiger partial charge in [-0.2, -0.15) is 10.2 Å². The average molecular weight is 487 g/mol. The van der Waals surface area contributed by atoms with Crippen LogP contribution in [0, 0.1) is 5.92 Å². The van der Waals surface area contributed by atoms with Crippen LogP contribution in [0.3, 0.4) is 0 Å². The van der Waals surface area contributed by atoms with E-state index in [0.29, 0.717) is 0 Å². The van der Waals surface area contributed by atoms with Crippen molar-refractivity contribution in [3.8, 4) is 22.3 Å². The maximum atomic E-state index is 10.2. The standard InChI is InChI=1S/C27H34N8O/c1-19(2)25(36)18-33-7-9-34(10-8-33)26-6-5-20(13-29-26)24-11-21(23-15-30-32(4)16-23)17-35-27(24)22(12-28-3)14-31-35/h5-6,11-17,19,25,36H,7-10,18H2,1-4H3. The van der Waals surface area contributed by atoms with E-state index in [2.05, 4.69) is 57.0 Å². The second kappa shape index (κ2) is 10.2. The van der Waals surface area contributed by atoms with Gasteiger partial charge in [-0.05, 0) is 24.1 Å². The lowest BCUT2D eigenvalue weighted by Gasteiger charge is -2.36. The molecule has 36 heavy (non-hydrogen) atoms. The minimum atomic E-state index is -0.278. The first kappa shape index (κ1) is 24.1. The highest BCUT2D eigenvalue weighted by atomic mass is 16.3. The summed E-state index contributed by atoms with van der Waals surface area (Å²) in [6.07, 6.45) is 11.3. The van der Waals surface area contributed by atoms with Crippen LogP contribution >= 0.6 is 0 Å². The van der Waals surface area contributed by atoms with Gasteiger partial charge in [-0.3, -0.25) is 14.6 Å². The largest absolute Gasteiger partial charge is 0.392 e. The van der Waals surface area contributed by atoms with E-state index in [1.54, 1.807) is 11.7 Å². The zero-order valence-electron chi connectivity index (χ0n) is 21.4. The lowest BCUT2D eigenvalue weighted by Crippen LogP contribution is -2.49. The predicted molar refractivity (Wildman–Crippen MR) is 144 cm³/mol. The number of piperazine rings is 1. The van der Waals surface area contributed by atoms with E-state index in [4.69, 9.17) is 4.98 Å². The molecule has 0 saturated carbocycles. The molecule has 0 bridgehead atoms. The summed E-state index contributed by atoms with van der Waals surface area (Å²) in [7, 11) is 3.69. The molecule has 0 aliphatic carbocycles. The Labute approximate surface area is 211 Å². The zero-order valence-corrected chi connectivity index (χ0v) is 21.4. The number of aliphatic hydroxyl groups is 1. The number of pyridine rings is 2. The first-order valence-electron chi connectivity index (χ1n) is 12.5. The van der Waals surface area contributed by atoms with E-state index in [1.165, 1.54) is 0 Å². The predicted octanol–water partition coefficient (Wildman–Crippen LogP) is 2.98. The molecular weight excluding hydrogens is 452 g/mol. The van der Waals surface area contributed by atoms with Gasteiger partial charge in [-0.25, -0.2) is 9.50 Å². The number of fused-ring (bicyclic) bond motifs is 1. The molecule has 4 aromatic heterocycles. The van der Waals surface area contributed by atoms with Gasteiger partial charge in [0.15, 0.2) is 0 Å². The van der Waals surface area contributed by atoms with Gasteiger partial charge in [-0.1, -0.05) is 13.8 Å². The number of hydrogen-bond donors (Lipinski definition) is 1. The normalized spacial score (nSPS) is 16.0. The van der Waals surface area contributed by atoms with Gasteiger partial charge in [0.25, 0.3) is 0 Å². The molecular formula is C27H34N8O. The molecule has 1 aliphatic rings. The van der Waals surface area contributed by atoms with Gasteiger partial charge in [-0.15, -0.1) is 0 Å². The first-order chi connectivity index (χ1) is 17.4. The Morgan fingerprint density at radius 1 is 1.00 bits per heavy atom. The van der Waals surface area contributed by atoms with Gasteiger partial charge < -0.3 is 10.0 Å². The number of nitrogens with zero attached hydrogens (tertiary/aromatic N) is 8. The molecule has 0 amide bonds. The summed E-state index contributed by atoms with van der Waals surface area (Å²) in [4.78, 5) is 13.7. The Hall–Kier alpha value is -3.56. The number of aromatic nitrogens is 5. The quantitative estimate of drug-likeness (QED) is 0.404. The van der Waals surface area contributed by atoms with Gasteiger partial charge in [0.1, 0.15) is 5.82 Å². The van der Waals surface area contributed by atoms with Gasteiger partial charge in [0, 0.05) is 99.4 Å². The van der Waals surface area contributed by atoms with Crippen molar-refractivity contribution < 1.29 is 5.11 Å². The smallest absolute Gasteiger partial charge is 0.128 e. The van der Waals surface area contributed by atoms with Crippen molar-refractivity contribution in [1.82, 2.24) is 29.3 Å². The average Bonchev–Trinajstić information content (AvgIpc) is 3.50. The number of aliphatic imine (C=N–C) groups is 1. The monoisotopic (exact) mass is 486 g/mol. The van der Waals surface area contributed by atoms with Crippen molar-refractivity contribution in [2.75, 3.05) is 44.7 Å². The van der Waals surface area contributed by atoms with Crippen molar-refractivity contribution in [3.05, 3.63) is 54.7 Å². The third-order valence-electron chi connectivity index (χ3n) is 6.92. The van der Waals surface area contributed by atoms with Crippen molar-refractivity contribution in [1.29, 1.82) is 0 Å². The van der Waals surface area contributed by atoms with Crippen molar-refractivity contribution in [3.63, 3.8) is 0 Å². The molecule has 1 atom stereocenters. The minimum Gasteiger partial charge on any atom is -0.392 e. The van der Waals surface area contributed by atoms with E-state index < -0.39 is 0 Å². The molecule has 1 unspecified atom stereocenters. The van der Waals surface area contributed by atoms with E-state index in [-0.39, 0.29) is 12.0 Å². The molecule has 1 saturated heterocycles. The lowest BCUT2D eigenvalue weighted by atomic mass is 10.0. The highest BCUT2D eigenvalue weighted by molar-refractivity contribution is 5.97. The molecule has 5 heterocycles. The second-order valence-corrected chi connectivity index (χ2v) is 9.83. The fourth-order valence-electron chi connectivity index (χ4n) is 4.69. The maximum Gasteiger partial charge on any atom is 0.128 e. The number of rotatable bonds is 7. The van der Waals surface area contributed by atoms with Crippen LogP contribution in [0.1, 0.15) is 19.4 Å². The summed E-state index contributed by atoms with van der Waals surface area (Å²) < 4.78 is 3.71. The molecule has 0 radical (unpaired) electrons. The van der Waals surface area contributed by atoms with Crippen LogP contribution < -0.4 is 4.90 Å². The number of aryl methyl sites for hydroxylation is 1. The van der Waals surface area contributed by atoms with Crippen molar-refractivity contribution >= 4 is 17.5 Å². The van der Waals surface area contributed by atoms with E-state index in [9.17, 15) is 5.11 Å². The molecule has 9 heteroatoms. The first-order valence-corrected chi connectivity index (χ1v) is 12.5. The Kier molecular flexibility index (Phi) is 6.84. The number of hydrogen-bond acceptors (Lipinski definition) is 7. The van der Waals surface area contributed by atoms with E-state index >= 15 is 0 Å². The Morgan fingerprint density at radius 2 is 1.81 bits per heavy atom. The highest BCUT2D eigenvalue weighted by Crippen LogP contribution is 2.32. The number of aliphatic hydroxyl groups excluding tert-OH is 1. The van der Waals surface area contributed by atoms with Crippen molar-refractivity contribution in [2.45, 2.75) is 20.0 Å². The topological polar surface area (TPSA) is 87.1 Å². The molecule has 4 aromatic rings. The van der Waals surface area contributed by atoms with Crippen LogP contribution in [0.5, 0.6) is 0 Å². The van der Waals surface area contributed by atoms with Crippen LogP contribution in [0.25, 0.3) is 27.8 Å². The number of β-amino-alcohol motifs (C(OH)–C–C–N with tert-alkyl or cyclic N) is 1. The fourth-order valence-corrected chi connectivity index (χ4v) is 4.69. The molecule has 0 aromatic carbocycles. The molecule has 0 spiro atoms. The third-order valence-corrected chi connectivity index (χ3v) is 6.92. The summed E-state index contributed by atoms with van der Waals surface area (Å²) in [6.45, 7) is 8.52. The Morgan fingerprint density at radius 3 is 2.44 bits per heavy atom. The van der Waals surface area contributed by atoms with E-state index in [0.717, 1.165) is 71.9 Å². The maximum absolute atomic E-state index is 10.2. The molecule has 188 valence electrons. The molecule has 1 N–H and O–H groups in total. The molecule has 1 aliphatic heterocycles. The SMILES string of the molecule is CN=Cc1cnn2cc(-c3cnn(C)c3)cc(-c3ccc(N4CCN(CC(O)C(C)C)CC4)nc3)c12. The summed E-state index contributed by atoms with van der Waals surface area (Å²) in [5.41, 5.74) is 6.12. The second-order valence-electron chi connectivity index (χ2n) is 9.83. The zero-order chi connectivity index (χ0) is 25.2. The summed E-state index contributed by atoms with van der Waals surface area (Å²) in [6, 6.07) is 6.42.